The molecule has 1 heterocycles. The lowest BCUT2D eigenvalue weighted by Gasteiger charge is -2.34. The fourth-order valence-corrected chi connectivity index (χ4v) is 7.03. The number of hydrogen-bond donors (Lipinski definition) is 1. The highest BCUT2D eigenvalue weighted by atomic mass is 79.9. The fourth-order valence-electron chi connectivity index (χ4n) is 6.66. The molecule has 0 aromatic heterocycles. The molecule has 1 aliphatic rings. The van der Waals surface area contributed by atoms with Crippen LogP contribution in [0.4, 0.5) is 0 Å². The first-order valence-corrected chi connectivity index (χ1v) is 16.9. The van der Waals surface area contributed by atoms with E-state index in [0.717, 1.165) is 31.6 Å². The summed E-state index contributed by atoms with van der Waals surface area (Å²) in [6, 6.07) is 24.4. The highest BCUT2D eigenvalue weighted by Crippen LogP contribution is 2.56. The Bertz CT molecular complexity index is 1770. The molecule has 0 bridgehead atoms. The lowest BCUT2D eigenvalue weighted by atomic mass is 9.67. The van der Waals surface area contributed by atoms with Gasteiger partial charge in [0.15, 0.2) is 0 Å². The van der Waals surface area contributed by atoms with Crippen LogP contribution in [0.15, 0.2) is 108 Å². The molecule has 0 amide bonds. The van der Waals surface area contributed by atoms with Crippen molar-refractivity contribution in [3.05, 3.63) is 119 Å². The zero-order chi connectivity index (χ0) is 33.6. The number of carbonyl (C=O) groups excluding carboxylic acids is 3. The van der Waals surface area contributed by atoms with Gasteiger partial charge in [-0.05, 0) is 77.6 Å². The minimum atomic E-state index is -2.15. The van der Waals surface area contributed by atoms with Gasteiger partial charge in [0.1, 0.15) is 12.0 Å². The zero-order valence-electron chi connectivity index (χ0n) is 26.4. The predicted molar refractivity (Wildman–Crippen MR) is 188 cm³/mol. The minimum absolute atomic E-state index is 0.000462. The third-order valence-electron chi connectivity index (χ3n) is 8.62. The van der Waals surface area contributed by atoms with E-state index in [1.165, 1.54) is 0 Å². The highest BCUT2D eigenvalue weighted by molar-refractivity contribution is 9.10. The number of nitrogens with one attached hydrogen (secondary N) is 1. The number of rotatable bonds is 12. The molecule has 1 fully saturated rings. The van der Waals surface area contributed by atoms with Crippen molar-refractivity contribution < 1.29 is 28.6 Å². The molecule has 0 radical (unpaired) electrons. The minimum Gasteiger partial charge on any atom is -0.464 e. The van der Waals surface area contributed by atoms with E-state index in [9.17, 15) is 14.4 Å². The molecule has 2 unspecified atom stereocenters. The summed E-state index contributed by atoms with van der Waals surface area (Å²) in [5, 5.41) is 7.19. The average Bonchev–Trinajstić information content (AvgIpc) is 3.38. The van der Waals surface area contributed by atoms with Crippen molar-refractivity contribution in [1.82, 2.24) is 5.32 Å². The lowest BCUT2D eigenvalue weighted by molar-refractivity contribution is -0.163. The third kappa shape index (κ3) is 6.22. The number of fused-ring (bicyclic) bond motifs is 2. The summed E-state index contributed by atoms with van der Waals surface area (Å²) >= 11 is 9.67. The lowest BCUT2D eigenvalue weighted by Crippen LogP contribution is -2.57. The van der Waals surface area contributed by atoms with Crippen molar-refractivity contribution in [2.75, 3.05) is 19.1 Å². The van der Waals surface area contributed by atoms with Gasteiger partial charge in [0.2, 0.25) is 5.54 Å². The van der Waals surface area contributed by atoms with E-state index in [4.69, 9.17) is 25.8 Å². The normalized spacial score (nSPS) is 19.5. The predicted octanol–water partition coefficient (Wildman–Crippen LogP) is 8.13. The number of ether oxygens (including phenoxy) is 3. The van der Waals surface area contributed by atoms with E-state index >= 15 is 0 Å². The van der Waals surface area contributed by atoms with Crippen LogP contribution in [0.3, 0.4) is 0 Å². The Morgan fingerprint density at radius 3 is 1.98 bits per heavy atom. The van der Waals surface area contributed by atoms with Crippen LogP contribution in [-0.4, -0.2) is 42.5 Å². The Hall–Kier alpha value is -3.98. The van der Waals surface area contributed by atoms with Crippen LogP contribution in [0, 0.1) is 5.41 Å². The van der Waals surface area contributed by atoms with Gasteiger partial charge < -0.3 is 14.2 Å². The van der Waals surface area contributed by atoms with E-state index in [1.54, 1.807) is 26.0 Å². The number of halogens is 2. The molecule has 0 spiro atoms. The first-order chi connectivity index (χ1) is 22.8. The number of carbonyl (C=O) groups is 3. The molecule has 2 atom stereocenters. The van der Waals surface area contributed by atoms with Gasteiger partial charge in [-0.3, -0.25) is 10.1 Å². The molecule has 4 aromatic rings. The van der Waals surface area contributed by atoms with Gasteiger partial charge in [-0.15, -0.1) is 18.2 Å². The maximum atomic E-state index is 15.0. The Kier molecular flexibility index (Phi) is 10.8. The van der Waals surface area contributed by atoms with E-state index in [0.29, 0.717) is 5.56 Å². The number of allylic oxidation sites excluding steroid dienone is 2. The molecule has 47 heavy (non-hydrogen) atoms. The Balaban J connectivity index is 1.73. The molecular weight excluding hydrogens is 682 g/mol. The van der Waals surface area contributed by atoms with E-state index in [1.807, 2.05) is 72.8 Å². The Labute approximate surface area is 288 Å². The van der Waals surface area contributed by atoms with Gasteiger partial charge in [-0.2, -0.15) is 0 Å². The van der Waals surface area contributed by atoms with E-state index in [-0.39, 0.29) is 44.1 Å². The smallest absolute Gasteiger partial charge is 0.342 e. The second kappa shape index (κ2) is 14.8. The molecule has 244 valence electrons. The topological polar surface area (TPSA) is 90.9 Å². The molecule has 5 rings (SSSR count). The average molecular weight is 719 g/mol. The molecule has 1 saturated heterocycles. The molecule has 1 N–H and O–H groups in total. The van der Waals surface area contributed by atoms with Crippen molar-refractivity contribution in [3.63, 3.8) is 0 Å². The summed E-state index contributed by atoms with van der Waals surface area (Å²) in [4.78, 5) is 43.0. The van der Waals surface area contributed by atoms with Crippen molar-refractivity contribution in [2.24, 2.45) is 5.41 Å². The second-order valence-corrected chi connectivity index (χ2v) is 12.5. The third-order valence-corrected chi connectivity index (χ3v) is 9.37. The summed E-state index contributed by atoms with van der Waals surface area (Å²) in [7, 11) is 0. The zero-order valence-corrected chi connectivity index (χ0v) is 28.7. The largest absolute Gasteiger partial charge is 0.464 e. The number of esters is 3. The summed E-state index contributed by atoms with van der Waals surface area (Å²) in [6.07, 6.45) is 3.56. The van der Waals surface area contributed by atoms with Gasteiger partial charge in [-0.1, -0.05) is 88.7 Å². The van der Waals surface area contributed by atoms with Crippen molar-refractivity contribution in [1.29, 1.82) is 0 Å². The van der Waals surface area contributed by atoms with Gasteiger partial charge in [0.25, 0.3) is 0 Å². The molecule has 0 aliphatic carbocycles. The summed E-state index contributed by atoms with van der Waals surface area (Å²) < 4.78 is 18.2. The summed E-state index contributed by atoms with van der Waals surface area (Å²) in [6.45, 7) is 7.24. The van der Waals surface area contributed by atoms with Crippen molar-refractivity contribution >= 4 is 67.0 Å². The van der Waals surface area contributed by atoms with Gasteiger partial charge in [0, 0.05) is 15.9 Å². The van der Waals surface area contributed by atoms with Crippen molar-refractivity contribution in [3.8, 4) is 0 Å². The Morgan fingerprint density at radius 1 is 0.872 bits per heavy atom. The van der Waals surface area contributed by atoms with Crippen LogP contribution in [0.5, 0.6) is 0 Å². The molecule has 7 nitrogen and oxygen atoms in total. The number of hydrogen-bond acceptors (Lipinski definition) is 7. The molecule has 9 heteroatoms. The quantitative estimate of drug-likeness (QED) is 0.0395. The van der Waals surface area contributed by atoms with E-state index < -0.39 is 34.9 Å². The highest BCUT2D eigenvalue weighted by Gasteiger charge is 2.70. The van der Waals surface area contributed by atoms with Gasteiger partial charge in [-0.25, -0.2) is 9.59 Å². The molecule has 4 aromatic carbocycles. The number of alkyl halides is 1. The monoisotopic (exact) mass is 717 g/mol. The van der Waals surface area contributed by atoms with Gasteiger partial charge in [0.05, 0.1) is 19.3 Å². The maximum Gasteiger partial charge on any atom is 0.342 e. The second-order valence-electron chi connectivity index (χ2n) is 11.3. The Morgan fingerprint density at radius 2 is 1.45 bits per heavy atom. The maximum absolute atomic E-state index is 15.0. The SMILES string of the molecule is C=CCC1(C(=O)OCc2c3ccccc3cc3ccccc23)/C(=C\CCCl)C(C(=O)OCC)(C(=O)OCC)NC1c1ccc(Br)cc1. The van der Waals surface area contributed by atoms with Crippen LogP contribution in [0.1, 0.15) is 43.9 Å². The standard InChI is InChI=1S/C38H37BrClNO6/c1-4-21-37(34(42)47-24-31-29-14-9-7-12-26(29)23-27-13-8-10-15-30(27)31)32(16-11-22-40)38(35(43)45-5-2,36(44)46-6-3)41-33(37)25-17-19-28(39)20-18-25/h4,7-10,12-20,23,33,41H,1,5-6,11,21-22,24H2,2-3H3/b32-16+. The first kappa shape index (κ1) is 34.4. The van der Waals surface area contributed by atoms with Crippen LogP contribution in [0.25, 0.3) is 21.5 Å². The molecule has 1 aliphatic heterocycles. The van der Waals surface area contributed by atoms with Crippen LogP contribution in [-0.2, 0) is 35.2 Å². The molecule has 0 saturated carbocycles. The summed E-state index contributed by atoms with van der Waals surface area (Å²) in [5.74, 6) is -2.21. The fraction of sp³-hybridized carbons (Fsp3) is 0.289. The van der Waals surface area contributed by atoms with Crippen LogP contribution < -0.4 is 5.32 Å². The molecular formula is C38H37BrClNO6. The van der Waals surface area contributed by atoms with E-state index in [2.05, 4.69) is 33.9 Å². The first-order valence-electron chi connectivity index (χ1n) is 15.6. The van der Waals surface area contributed by atoms with Gasteiger partial charge >= 0.3 is 17.9 Å². The van der Waals surface area contributed by atoms with Crippen LogP contribution in [0.2, 0.25) is 0 Å². The van der Waals surface area contributed by atoms with Crippen molar-refractivity contribution in [2.45, 2.75) is 44.9 Å². The van der Waals surface area contributed by atoms with Crippen LogP contribution >= 0.6 is 27.5 Å². The number of benzene rings is 4. The summed E-state index contributed by atoms with van der Waals surface area (Å²) in [5.41, 5.74) is -2.09.